The molecule has 0 fully saturated rings. The summed E-state index contributed by atoms with van der Waals surface area (Å²) in [4.78, 5) is 25.1. The van der Waals surface area contributed by atoms with Crippen molar-refractivity contribution in [1.82, 2.24) is 16.2 Å². The molecule has 0 spiro atoms. The predicted octanol–water partition coefficient (Wildman–Crippen LogP) is 1.22. The smallest absolute Gasteiger partial charge is 0.422 e. The second-order valence-electron chi connectivity index (χ2n) is 4.96. The maximum absolute atomic E-state index is 11.3. The molecule has 0 aromatic carbocycles. The Labute approximate surface area is 118 Å². The molecule has 20 heavy (non-hydrogen) atoms. The van der Waals surface area contributed by atoms with Crippen molar-refractivity contribution >= 4 is 12.0 Å². The van der Waals surface area contributed by atoms with E-state index in [-0.39, 0.29) is 12.5 Å². The molecule has 0 rings (SSSR count). The first-order chi connectivity index (χ1) is 9.35. The molecule has 9 nitrogen and oxygen atoms in total. The van der Waals surface area contributed by atoms with Gasteiger partial charge >= 0.3 is 6.09 Å². The Balaban J connectivity index is 3.50. The van der Waals surface area contributed by atoms with Gasteiger partial charge in [-0.15, -0.1) is 0 Å². The molecule has 3 N–H and O–H groups in total. The summed E-state index contributed by atoms with van der Waals surface area (Å²) in [5.41, 5.74) is 12.5. The quantitative estimate of drug-likeness (QED) is 0.204. The molecule has 0 aromatic rings. The predicted molar refractivity (Wildman–Crippen MR) is 73.6 cm³/mol. The van der Waals surface area contributed by atoms with E-state index >= 15 is 0 Å². The molecule has 0 aliphatic rings. The van der Waals surface area contributed by atoms with Gasteiger partial charge in [0, 0.05) is 31.0 Å². The lowest BCUT2D eigenvalue weighted by Crippen LogP contribution is -2.41. The summed E-state index contributed by atoms with van der Waals surface area (Å²) in [7, 11) is 0. The molecule has 0 heterocycles. The first kappa shape index (κ1) is 18.0. The van der Waals surface area contributed by atoms with Crippen molar-refractivity contribution in [3.05, 3.63) is 10.4 Å². The van der Waals surface area contributed by atoms with Crippen LogP contribution in [0.15, 0.2) is 5.11 Å². The van der Waals surface area contributed by atoms with Gasteiger partial charge in [-0.2, -0.15) is 0 Å². The fourth-order valence-electron chi connectivity index (χ4n) is 1.15. The molecule has 0 unspecified atom stereocenters. The molecule has 0 aliphatic carbocycles. The van der Waals surface area contributed by atoms with Crippen LogP contribution in [0.2, 0.25) is 0 Å². The van der Waals surface area contributed by atoms with Crippen LogP contribution in [0, 0.1) is 0 Å². The second kappa shape index (κ2) is 9.88. The van der Waals surface area contributed by atoms with Crippen LogP contribution in [-0.2, 0) is 9.53 Å². The third kappa shape index (κ3) is 12.5. The molecule has 0 saturated carbocycles. The summed E-state index contributed by atoms with van der Waals surface area (Å²) in [6.07, 6.45) is 0.318. The Hall–Kier alpha value is -1.99. The Bertz CT molecular complexity index is 360. The van der Waals surface area contributed by atoms with Gasteiger partial charge in [0.05, 0.1) is 0 Å². The molecule has 0 atom stereocenters. The van der Waals surface area contributed by atoms with Gasteiger partial charge in [-0.25, -0.2) is 10.2 Å². The summed E-state index contributed by atoms with van der Waals surface area (Å²) in [6.45, 7) is 6.32. The molecular weight excluding hydrogens is 264 g/mol. The van der Waals surface area contributed by atoms with Gasteiger partial charge in [0.25, 0.3) is 0 Å². The van der Waals surface area contributed by atoms with E-state index in [1.54, 1.807) is 20.8 Å². The Kier molecular flexibility index (Phi) is 8.89. The van der Waals surface area contributed by atoms with Crippen LogP contribution >= 0.6 is 0 Å². The summed E-state index contributed by atoms with van der Waals surface area (Å²) >= 11 is 0. The molecule has 0 aromatic heterocycles. The first-order valence-electron chi connectivity index (χ1n) is 6.34. The van der Waals surface area contributed by atoms with Crippen LogP contribution in [-0.4, -0.2) is 37.2 Å². The van der Waals surface area contributed by atoms with E-state index in [0.717, 1.165) is 0 Å². The number of rotatable bonds is 8. The minimum Gasteiger partial charge on any atom is -0.443 e. The molecule has 9 heteroatoms. The van der Waals surface area contributed by atoms with Crippen LogP contribution in [0.4, 0.5) is 4.79 Å². The standard InChI is InChI=1S/C11H22N6O3/c1-11(2,3)20-10(19)16-14-6-4-5-9(18)13-7-8-15-17-12/h14H,4-8H2,1-3H3,(H,13,18)(H,16,19). The van der Waals surface area contributed by atoms with Crippen molar-refractivity contribution in [3.63, 3.8) is 0 Å². The Morgan fingerprint density at radius 3 is 2.60 bits per heavy atom. The fourth-order valence-corrected chi connectivity index (χ4v) is 1.15. The van der Waals surface area contributed by atoms with Crippen LogP contribution in [0.3, 0.4) is 0 Å². The summed E-state index contributed by atoms with van der Waals surface area (Å²) in [5.74, 6) is -0.128. The average Bonchev–Trinajstić information content (AvgIpc) is 2.32. The van der Waals surface area contributed by atoms with Crippen molar-refractivity contribution in [2.45, 2.75) is 39.2 Å². The third-order valence-electron chi connectivity index (χ3n) is 1.89. The van der Waals surface area contributed by atoms with Gasteiger partial charge in [0.1, 0.15) is 5.60 Å². The number of nitrogens with one attached hydrogen (secondary N) is 3. The van der Waals surface area contributed by atoms with Crippen molar-refractivity contribution in [1.29, 1.82) is 0 Å². The number of azide groups is 1. The zero-order valence-corrected chi connectivity index (χ0v) is 12.1. The van der Waals surface area contributed by atoms with Gasteiger partial charge in [-0.05, 0) is 32.7 Å². The van der Waals surface area contributed by atoms with Gasteiger partial charge in [0.2, 0.25) is 5.91 Å². The summed E-state index contributed by atoms with van der Waals surface area (Å²) in [5, 5.41) is 5.90. The normalized spacial score (nSPS) is 10.3. The molecule has 0 aliphatic heterocycles. The summed E-state index contributed by atoms with van der Waals surface area (Å²) < 4.78 is 5.01. The van der Waals surface area contributed by atoms with E-state index in [2.05, 4.69) is 26.2 Å². The fraction of sp³-hybridized carbons (Fsp3) is 0.818. The van der Waals surface area contributed by atoms with E-state index in [4.69, 9.17) is 10.3 Å². The second-order valence-corrected chi connectivity index (χ2v) is 4.96. The lowest BCUT2D eigenvalue weighted by molar-refractivity contribution is -0.121. The number of amides is 2. The number of hydrogen-bond acceptors (Lipinski definition) is 5. The SMILES string of the molecule is CC(C)(C)OC(=O)NNCCCC(=O)NCCN=[N+]=[N-]. The molecular formula is C11H22N6O3. The van der Waals surface area contributed by atoms with Crippen LogP contribution in [0.5, 0.6) is 0 Å². The Morgan fingerprint density at radius 1 is 1.30 bits per heavy atom. The maximum atomic E-state index is 11.3. The van der Waals surface area contributed by atoms with Crippen molar-refractivity contribution in [2.24, 2.45) is 5.11 Å². The van der Waals surface area contributed by atoms with Crippen molar-refractivity contribution in [3.8, 4) is 0 Å². The van der Waals surface area contributed by atoms with Gasteiger partial charge in [-0.3, -0.25) is 10.2 Å². The molecule has 0 radical (unpaired) electrons. The van der Waals surface area contributed by atoms with E-state index in [1.807, 2.05) is 0 Å². The van der Waals surface area contributed by atoms with E-state index in [1.165, 1.54) is 0 Å². The van der Waals surface area contributed by atoms with Gasteiger partial charge in [0.15, 0.2) is 0 Å². The van der Waals surface area contributed by atoms with E-state index in [0.29, 0.717) is 25.9 Å². The molecule has 0 bridgehead atoms. The monoisotopic (exact) mass is 286 g/mol. The highest BCUT2D eigenvalue weighted by atomic mass is 16.6. The highest BCUT2D eigenvalue weighted by Gasteiger charge is 2.15. The highest BCUT2D eigenvalue weighted by Crippen LogP contribution is 2.05. The Morgan fingerprint density at radius 2 is 2.00 bits per heavy atom. The van der Waals surface area contributed by atoms with Gasteiger partial charge < -0.3 is 10.1 Å². The maximum Gasteiger partial charge on any atom is 0.422 e. The topological polar surface area (TPSA) is 128 Å². The third-order valence-corrected chi connectivity index (χ3v) is 1.89. The van der Waals surface area contributed by atoms with Crippen LogP contribution < -0.4 is 16.2 Å². The highest BCUT2D eigenvalue weighted by molar-refractivity contribution is 5.75. The average molecular weight is 286 g/mol. The number of nitrogens with zero attached hydrogens (tertiary/aromatic N) is 3. The zero-order chi connectivity index (χ0) is 15.4. The van der Waals surface area contributed by atoms with Crippen LogP contribution in [0.25, 0.3) is 10.4 Å². The molecule has 114 valence electrons. The number of hydrogen-bond donors (Lipinski definition) is 3. The van der Waals surface area contributed by atoms with Crippen LogP contribution in [0.1, 0.15) is 33.6 Å². The van der Waals surface area contributed by atoms with Gasteiger partial charge in [-0.1, -0.05) is 5.11 Å². The number of carbonyl (C=O) groups excluding carboxylic acids is 2. The minimum absolute atomic E-state index is 0.128. The zero-order valence-electron chi connectivity index (χ0n) is 12.1. The molecule has 2 amide bonds. The minimum atomic E-state index is -0.559. The van der Waals surface area contributed by atoms with E-state index < -0.39 is 11.7 Å². The molecule has 0 saturated heterocycles. The first-order valence-corrected chi connectivity index (χ1v) is 6.34. The van der Waals surface area contributed by atoms with Crippen molar-refractivity contribution < 1.29 is 14.3 Å². The number of hydrazine groups is 1. The lowest BCUT2D eigenvalue weighted by Gasteiger charge is -2.19. The van der Waals surface area contributed by atoms with Crippen molar-refractivity contribution in [2.75, 3.05) is 19.6 Å². The summed E-state index contributed by atoms with van der Waals surface area (Å²) in [6, 6.07) is 0. The number of ether oxygens (including phenoxy) is 1. The number of carbonyl (C=O) groups is 2. The van der Waals surface area contributed by atoms with E-state index in [9.17, 15) is 9.59 Å². The lowest BCUT2D eigenvalue weighted by atomic mass is 10.2. The largest absolute Gasteiger partial charge is 0.443 e.